The molecule has 1 aromatic heterocycles. The smallest absolute Gasteiger partial charge is 0.417 e. The minimum Gasteiger partial charge on any atom is -0.428 e. The van der Waals surface area contributed by atoms with Crippen molar-refractivity contribution < 1.29 is 32.3 Å². The van der Waals surface area contributed by atoms with Crippen LogP contribution in [0.1, 0.15) is 58.8 Å². The highest BCUT2D eigenvalue weighted by Gasteiger charge is 2.48. The summed E-state index contributed by atoms with van der Waals surface area (Å²) in [6.07, 6.45) is 6.83. The van der Waals surface area contributed by atoms with Crippen molar-refractivity contribution in [3.63, 3.8) is 0 Å². The second kappa shape index (κ2) is 14.1. The highest BCUT2D eigenvalue weighted by atomic mass is 32.2. The molecule has 13 nitrogen and oxygen atoms in total. The summed E-state index contributed by atoms with van der Waals surface area (Å²) in [5.41, 5.74) is -0.255. The van der Waals surface area contributed by atoms with Crippen molar-refractivity contribution in [3.8, 4) is 5.88 Å². The monoisotopic (exact) mass is 680 g/mol. The molecule has 0 spiro atoms. The second-order valence-electron chi connectivity index (χ2n) is 13.5. The van der Waals surface area contributed by atoms with Gasteiger partial charge in [-0.2, -0.15) is 0 Å². The highest BCUT2D eigenvalue weighted by Crippen LogP contribution is 2.44. The first-order chi connectivity index (χ1) is 23.0. The topological polar surface area (TPSA) is 161 Å². The summed E-state index contributed by atoms with van der Waals surface area (Å²) in [7, 11) is -4.33. The van der Waals surface area contributed by atoms with Crippen LogP contribution >= 0.6 is 0 Å². The second-order valence-corrected chi connectivity index (χ2v) is 15.3. The molecule has 3 saturated heterocycles. The van der Waals surface area contributed by atoms with E-state index in [4.69, 9.17) is 4.74 Å². The van der Waals surface area contributed by atoms with Gasteiger partial charge in [-0.25, -0.2) is 8.42 Å². The Bertz CT molecular complexity index is 1680. The maximum absolute atomic E-state index is 13.1. The minimum atomic E-state index is -4.33. The molecule has 2 N–H and O–H groups in total. The van der Waals surface area contributed by atoms with Crippen molar-refractivity contribution in [1.82, 2.24) is 20.7 Å². The molecule has 0 saturated carbocycles. The van der Waals surface area contributed by atoms with Crippen molar-refractivity contribution in [3.05, 3.63) is 65.9 Å². The van der Waals surface area contributed by atoms with Gasteiger partial charge in [-0.1, -0.05) is 36.4 Å². The number of para-hydroxylation sites is 1. The van der Waals surface area contributed by atoms with Gasteiger partial charge in [-0.15, -0.1) is 0 Å². The number of hydrogen-bond acceptors (Lipinski definition) is 10. The lowest BCUT2D eigenvalue weighted by Crippen LogP contribution is -2.65. The van der Waals surface area contributed by atoms with Crippen LogP contribution in [-0.2, 0) is 19.4 Å². The molecular formula is C34H44N6O7S. The van der Waals surface area contributed by atoms with E-state index in [-0.39, 0.29) is 22.3 Å². The number of nitrogens with one attached hydrogen (secondary N) is 2. The molecule has 258 valence electrons. The van der Waals surface area contributed by atoms with Gasteiger partial charge < -0.3 is 25.5 Å². The van der Waals surface area contributed by atoms with Gasteiger partial charge >= 0.3 is 10.9 Å². The quantitative estimate of drug-likeness (QED) is 0.215. The maximum atomic E-state index is 13.1. The van der Waals surface area contributed by atoms with Crippen LogP contribution in [0.5, 0.6) is 5.88 Å². The van der Waals surface area contributed by atoms with Gasteiger partial charge in [0.05, 0.1) is 16.6 Å². The number of ether oxygens (including phenoxy) is 1. The van der Waals surface area contributed by atoms with Gasteiger partial charge in [0.15, 0.2) is 5.72 Å². The number of aromatic nitrogens is 2. The minimum absolute atomic E-state index is 0.151. The van der Waals surface area contributed by atoms with Crippen LogP contribution in [0.4, 0.5) is 5.69 Å². The number of piperidine rings is 3. The summed E-state index contributed by atoms with van der Waals surface area (Å²) in [6, 6.07) is 18.9. The molecule has 4 atom stereocenters. The molecule has 14 heteroatoms. The Balaban J connectivity index is 1.02. The van der Waals surface area contributed by atoms with Crippen LogP contribution < -0.4 is 25.2 Å². The molecule has 48 heavy (non-hydrogen) atoms. The van der Waals surface area contributed by atoms with Crippen LogP contribution in [0.3, 0.4) is 0 Å². The Morgan fingerprint density at radius 2 is 1.73 bits per heavy atom. The number of carbonyl (C=O) groups excluding carboxylic acids is 2. The Hall–Kier alpha value is -4.17. The van der Waals surface area contributed by atoms with Crippen molar-refractivity contribution in [2.45, 2.75) is 86.5 Å². The molecule has 2 amide bonds. The number of benzene rings is 2. The zero-order valence-corrected chi connectivity index (χ0v) is 28.2. The molecule has 0 aliphatic carbocycles. The average molecular weight is 681 g/mol. The van der Waals surface area contributed by atoms with Crippen LogP contribution in [-0.4, -0.2) is 74.3 Å². The van der Waals surface area contributed by atoms with Crippen LogP contribution in [0.15, 0.2) is 75.2 Å². The molecule has 3 aliphatic rings. The molecule has 3 aromatic rings. The molecule has 6 rings (SSSR count). The summed E-state index contributed by atoms with van der Waals surface area (Å²) in [6.45, 7) is 6.03. The molecular weight excluding hydrogens is 636 g/mol. The molecule has 2 aromatic carbocycles. The average Bonchev–Trinajstić information content (AvgIpc) is 3.44. The Labute approximate surface area is 281 Å². The molecule has 4 heterocycles. The van der Waals surface area contributed by atoms with E-state index >= 15 is 0 Å². The van der Waals surface area contributed by atoms with E-state index in [1.807, 2.05) is 6.07 Å². The fourth-order valence-electron chi connectivity index (χ4n) is 7.88. The van der Waals surface area contributed by atoms with Crippen molar-refractivity contribution >= 4 is 27.3 Å². The van der Waals surface area contributed by atoms with Gasteiger partial charge in [0, 0.05) is 30.7 Å². The summed E-state index contributed by atoms with van der Waals surface area (Å²) in [4.78, 5) is 30.6. The number of anilines is 1. The number of nitrogens with zero attached hydrogens (tertiary/aromatic N) is 4. The van der Waals surface area contributed by atoms with E-state index in [1.165, 1.54) is 82.6 Å². The first-order valence-electron chi connectivity index (χ1n) is 16.8. The van der Waals surface area contributed by atoms with Crippen molar-refractivity contribution in [1.29, 1.82) is 0 Å². The van der Waals surface area contributed by atoms with E-state index in [9.17, 15) is 23.2 Å². The third kappa shape index (κ3) is 7.29. The normalized spacial score (nSPS) is 22.8. The van der Waals surface area contributed by atoms with E-state index < -0.39 is 32.4 Å². The van der Waals surface area contributed by atoms with Crippen LogP contribution in [0.2, 0.25) is 0 Å². The van der Waals surface area contributed by atoms with Gasteiger partial charge in [-0.05, 0) is 106 Å². The predicted molar refractivity (Wildman–Crippen MR) is 175 cm³/mol. The standard InChI is InChI=1S/C34H44N6O7S/c1-34(2,46-32-33(40(43)47-37-32)48(44,45)26-15-7-4-8-16-26)36-30(42)22-35-29(41)19-9-18-28-27-17-11-21-38-20-10-12-24(31(27)38)23-39(28)25-13-5-3-6-14-25/h3-8,13-16,24,27-28,31H,9-12,17-23H2,1-2H3,(H,35,41)(H,36,42). The number of amides is 2. The summed E-state index contributed by atoms with van der Waals surface area (Å²) >= 11 is 0. The van der Waals surface area contributed by atoms with E-state index in [0.29, 0.717) is 36.8 Å². The SMILES string of the molecule is CC(C)(NC(=O)CNC(=O)CCCC1C2CCCN3CCCC(CN1c1ccccc1)C23)Oc1no[n+]([O-])c1S(=O)(=O)c1ccccc1. The number of hydrogen-bond donors (Lipinski definition) is 2. The first-order valence-corrected chi connectivity index (χ1v) is 18.2. The molecule has 0 radical (unpaired) electrons. The zero-order chi connectivity index (χ0) is 33.9. The van der Waals surface area contributed by atoms with Gasteiger partial charge in [-0.3, -0.25) is 19.1 Å². The summed E-state index contributed by atoms with van der Waals surface area (Å²) in [5, 5.41) is 20.1. The third-order valence-corrected chi connectivity index (χ3v) is 11.5. The van der Waals surface area contributed by atoms with Crippen molar-refractivity contribution in [2.24, 2.45) is 11.8 Å². The maximum Gasteiger partial charge on any atom is 0.417 e. The first kappa shape index (κ1) is 33.7. The van der Waals surface area contributed by atoms with Crippen molar-refractivity contribution in [2.75, 3.05) is 31.1 Å². The lowest BCUT2D eigenvalue weighted by Gasteiger charge is -2.58. The van der Waals surface area contributed by atoms with Gasteiger partial charge in [0.2, 0.25) is 11.8 Å². The van der Waals surface area contributed by atoms with Gasteiger partial charge in [0.1, 0.15) is 0 Å². The molecule has 3 aliphatic heterocycles. The van der Waals surface area contributed by atoms with Crippen LogP contribution in [0.25, 0.3) is 0 Å². The highest BCUT2D eigenvalue weighted by molar-refractivity contribution is 7.91. The molecule has 4 unspecified atom stereocenters. The molecule has 3 fully saturated rings. The van der Waals surface area contributed by atoms with Gasteiger partial charge in [0.25, 0.3) is 9.84 Å². The summed E-state index contributed by atoms with van der Waals surface area (Å²) < 4.78 is 36.3. The Morgan fingerprint density at radius 1 is 1.04 bits per heavy atom. The number of rotatable bonds is 12. The van der Waals surface area contributed by atoms with Crippen LogP contribution in [0, 0.1) is 17.0 Å². The number of sulfone groups is 1. The van der Waals surface area contributed by atoms with E-state index in [2.05, 4.69) is 54.5 Å². The lowest BCUT2D eigenvalue weighted by molar-refractivity contribution is -0.832. The Morgan fingerprint density at radius 3 is 2.46 bits per heavy atom. The lowest BCUT2D eigenvalue weighted by atomic mass is 9.69. The predicted octanol–water partition coefficient (Wildman–Crippen LogP) is 3.04. The van der Waals surface area contributed by atoms with E-state index in [0.717, 1.165) is 13.0 Å². The molecule has 0 bridgehead atoms. The summed E-state index contributed by atoms with van der Waals surface area (Å²) in [5.74, 6) is -0.158. The fraction of sp³-hybridized carbons (Fsp3) is 0.529. The fourth-order valence-corrected chi connectivity index (χ4v) is 9.16. The number of carbonyl (C=O) groups is 2. The third-order valence-electron chi connectivity index (χ3n) is 9.76. The van der Waals surface area contributed by atoms with E-state index in [1.54, 1.807) is 6.07 Å². The largest absolute Gasteiger partial charge is 0.428 e. The zero-order valence-electron chi connectivity index (χ0n) is 27.4. The Kier molecular flexibility index (Phi) is 9.93.